The van der Waals surface area contributed by atoms with Crippen LogP contribution in [0.1, 0.15) is 13.8 Å². The first-order chi connectivity index (χ1) is 5.61. The maximum atomic E-state index is 3.41. The second-order valence-electron chi connectivity index (χ2n) is 3.18. The van der Waals surface area contributed by atoms with Crippen molar-refractivity contribution >= 4 is 34.0 Å². The van der Waals surface area contributed by atoms with Crippen LogP contribution in [-0.4, -0.2) is 13.1 Å². The molecule has 0 spiro atoms. The second kappa shape index (κ2) is 5.51. The van der Waals surface area contributed by atoms with Crippen molar-refractivity contribution in [2.45, 2.75) is 19.9 Å². The van der Waals surface area contributed by atoms with Gasteiger partial charge in [-0.05, 0) is 38.1 Å². The fourth-order valence-electron chi connectivity index (χ4n) is 0.974. The van der Waals surface area contributed by atoms with E-state index < -0.39 is 0 Å². The van der Waals surface area contributed by atoms with Crippen LogP contribution in [0.15, 0.2) is 28.7 Å². The Morgan fingerprint density at radius 1 is 1.15 bits per heavy atom. The number of rotatable bonds is 2. The third kappa shape index (κ3) is 3.57. The molecule has 0 unspecified atom stereocenters. The summed E-state index contributed by atoms with van der Waals surface area (Å²) in [4.78, 5) is 2.24. The van der Waals surface area contributed by atoms with E-state index in [9.17, 15) is 0 Å². The molecular weight excluding hydrogens is 249 g/mol. The predicted octanol–water partition coefficient (Wildman–Crippen LogP) is 3.72. The zero-order valence-corrected chi connectivity index (χ0v) is 10.5. The minimum absolute atomic E-state index is 0. The van der Waals surface area contributed by atoms with Gasteiger partial charge in [-0.2, -0.15) is 0 Å². The predicted molar refractivity (Wildman–Crippen MR) is 64.9 cm³/mol. The maximum Gasteiger partial charge on any atom is 0.0366 e. The van der Waals surface area contributed by atoms with Gasteiger partial charge in [0.15, 0.2) is 0 Å². The highest BCUT2D eigenvalue weighted by Gasteiger charge is 2.02. The molecule has 0 atom stereocenters. The van der Waals surface area contributed by atoms with Crippen molar-refractivity contribution < 1.29 is 0 Å². The molecule has 0 aliphatic rings. The van der Waals surface area contributed by atoms with Crippen LogP contribution >= 0.6 is 28.3 Å². The summed E-state index contributed by atoms with van der Waals surface area (Å²) >= 11 is 3.41. The van der Waals surface area contributed by atoms with Crippen LogP contribution in [0.3, 0.4) is 0 Å². The van der Waals surface area contributed by atoms with Crippen molar-refractivity contribution in [3.05, 3.63) is 28.7 Å². The van der Waals surface area contributed by atoms with Gasteiger partial charge < -0.3 is 4.90 Å². The Labute approximate surface area is 94.7 Å². The molecule has 0 radical (unpaired) electrons. The lowest BCUT2D eigenvalue weighted by Gasteiger charge is -2.23. The van der Waals surface area contributed by atoms with Gasteiger partial charge in [0.05, 0.1) is 0 Å². The number of benzene rings is 1. The molecule has 74 valence electrons. The van der Waals surface area contributed by atoms with Crippen LogP contribution in [0, 0.1) is 0 Å². The Hall–Kier alpha value is -0.210. The number of halogens is 2. The topological polar surface area (TPSA) is 3.24 Å². The van der Waals surface area contributed by atoms with E-state index in [1.165, 1.54) is 5.69 Å². The Morgan fingerprint density at radius 3 is 2.00 bits per heavy atom. The Morgan fingerprint density at radius 2 is 1.62 bits per heavy atom. The third-order valence-corrected chi connectivity index (χ3v) is 2.54. The maximum absolute atomic E-state index is 3.41. The fourth-order valence-corrected chi connectivity index (χ4v) is 1.24. The average Bonchev–Trinajstić information content (AvgIpc) is 2.04. The number of nitrogens with zero attached hydrogens (tertiary/aromatic N) is 1. The molecule has 0 N–H and O–H groups in total. The minimum Gasteiger partial charge on any atom is -0.372 e. The molecule has 0 heterocycles. The lowest BCUT2D eigenvalue weighted by Crippen LogP contribution is -2.25. The van der Waals surface area contributed by atoms with Crippen molar-refractivity contribution in [2.75, 3.05) is 11.9 Å². The van der Waals surface area contributed by atoms with E-state index in [-0.39, 0.29) is 12.4 Å². The molecule has 0 aliphatic heterocycles. The van der Waals surface area contributed by atoms with Crippen LogP contribution in [0.5, 0.6) is 0 Å². The van der Waals surface area contributed by atoms with Crippen molar-refractivity contribution in [2.24, 2.45) is 0 Å². The van der Waals surface area contributed by atoms with Crippen LogP contribution < -0.4 is 4.90 Å². The summed E-state index contributed by atoms with van der Waals surface area (Å²) in [6.45, 7) is 4.37. The lowest BCUT2D eigenvalue weighted by molar-refractivity contribution is 0.755. The van der Waals surface area contributed by atoms with Gasteiger partial charge in [-0.25, -0.2) is 0 Å². The highest BCUT2D eigenvalue weighted by Crippen LogP contribution is 2.18. The summed E-state index contributed by atoms with van der Waals surface area (Å²) in [6, 6.07) is 8.91. The van der Waals surface area contributed by atoms with E-state index in [0.29, 0.717) is 6.04 Å². The molecule has 13 heavy (non-hydrogen) atoms. The molecule has 1 aromatic carbocycles. The van der Waals surface area contributed by atoms with Gasteiger partial charge in [0.25, 0.3) is 0 Å². The molecule has 0 saturated heterocycles. The monoisotopic (exact) mass is 263 g/mol. The van der Waals surface area contributed by atoms with E-state index in [1.54, 1.807) is 0 Å². The molecular formula is C10H15BrClN. The first-order valence-electron chi connectivity index (χ1n) is 4.09. The van der Waals surface area contributed by atoms with E-state index in [0.717, 1.165) is 4.47 Å². The molecule has 0 amide bonds. The first-order valence-corrected chi connectivity index (χ1v) is 4.89. The molecule has 0 saturated carbocycles. The van der Waals surface area contributed by atoms with E-state index >= 15 is 0 Å². The molecule has 0 aliphatic carbocycles. The zero-order chi connectivity index (χ0) is 9.14. The smallest absolute Gasteiger partial charge is 0.0366 e. The highest BCUT2D eigenvalue weighted by molar-refractivity contribution is 9.10. The van der Waals surface area contributed by atoms with E-state index in [2.05, 4.69) is 66.0 Å². The fraction of sp³-hybridized carbons (Fsp3) is 0.400. The van der Waals surface area contributed by atoms with Crippen molar-refractivity contribution in [1.82, 2.24) is 0 Å². The van der Waals surface area contributed by atoms with Crippen LogP contribution in [0.25, 0.3) is 0 Å². The standard InChI is InChI=1S/C10H14BrN.ClH/c1-8(2)12(3)10-6-4-9(11)5-7-10;/h4-8H,1-3H3;1H. The zero-order valence-electron chi connectivity index (χ0n) is 8.12. The van der Waals surface area contributed by atoms with Gasteiger partial charge in [-0.1, -0.05) is 15.9 Å². The van der Waals surface area contributed by atoms with Crippen LogP contribution in [0.4, 0.5) is 5.69 Å². The minimum atomic E-state index is 0. The number of hydrogen-bond acceptors (Lipinski definition) is 1. The third-order valence-electron chi connectivity index (χ3n) is 2.01. The molecule has 1 aromatic rings. The number of hydrogen-bond donors (Lipinski definition) is 0. The van der Waals surface area contributed by atoms with Crippen molar-refractivity contribution in [3.63, 3.8) is 0 Å². The molecule has 0 bridgehead atoms. The summed E-state index contributed by atoms with van der Waals surface area (Å²) in [5, 5.41) is 0. The summed E-state index contributed by atoms with van der Waals surface area (Å²) in [5.74, 6) is 0. The summed E-state index contributed by atoms with van der Waals surface area (Å²) in [7, 11) is 2.11. The summed E-state index contributed by atoms with van der Waals surface area (Å²) in [5.41, 5.74) is 1.26. The van der Waals surface area contributed by atoms with Gasteiger partial charge in [-0.3, -0.25) is 0 Å². The van der Waals surface area contributed by atoms with Gasteiger partial charge in [0, 0.05) is 23.2 Å². The molecule has 0 fully saturated rings. The van der Waals surface area contributed by atoms with E-state index in [1.807, 2.05) is 0 Å². The average molecular weight is 265 g/mol. The Kier molecular flexibility index (Phi) is 5.42. The SMILES string of the molecule is CC(C)N(C)c1ccc(Br)cc1.Cl. The van der Waals surface area contributed by atoms with Crippen molar-refractivity contribution in [1.29, 1.82) is 0 Å². The van der Waals surface area contributed by atoms with Crippen LogP contribution in [0.2, 0.25) is 0 Å². The number of anilines is 1. The second-order valence-corrected chi connectivity index (χ2v) is 4.10. The normalized spacial score (nSPS) is 9.62. The first kappa shape index (κ1) is 12.8. The molecule has 3 heteroatoms. The van der Waals surface area contributed by atoms with Gasteiger partial charge in [-0.15, -0.1) is 12.4 Å². The van der Waals surface area contributed by atoms with Gasteiger partial charge in [0.2, 0.25) is 0 Å². The molecule has 1 nitrogen and oxygen atoms in total. The Balaban J connectivity index is 0.00000144. The van der Waals surface area contributed by atoms with Crippen LogP contribution in [-0.2, 0) is 0 Å². The Bertz CT molecular complexity index is 246. The van der Waals surface area contributed by atoms with Gasteiger partial charge >= 0.3 is 0 Å². The lowest BCUT2D eigenvalue weighted by atomic mass is 10.2. The summed E-state index contributed by atoms with van der Waals surface area (Å²) in [6.07, 6.45) is 0. The van der Waals surface area contributed by atoms with E-state index in [4.69, 9.17) is 0 Å². The van der Waals surface area contributed by atoms with Gasteiger partial charge in [0.1, 0.15) is 0 Å². The quantitative estimate of drug-likeness (QED) is 0.787. The summed E-state index contributed by atoms with van der Waals surface area (Å²) < 4.78 is 1.13. The largest absolute Gasteiger partial charge is 0.372 e. The van der Waals surface area contributed by atoms with Crippen molar-refractivity contribution in [3.8, 4) is 0 Å². The molecule has 1 rings (SSSR count). The highest BCUT2D eigenvalue weighted by atomic mass is 79.9. The molecule has 0 aromatic heterocycles.